The number of rotatable bonds is 3. The molecule has 1 saturated carbocycles. The SMILES string of the molecule is Cc1cc(Br)cc(C(=O)N[C@@H]2CCC[C@@H]2C(=O)O)c1C. The number of amides is 1. The zero-order valence-corrected chi connectivity index (χ0v) is 13.2. The molecule has 0 spiro atoms. The molecule has 1 aliphatic rings. The molecule has 0 unspecified atom stereocenters. The molecule has 5 heteroatoms. The molecule has 108 valence electrons. The molecular weight excluding hydrogens is 322 g/mol. The van der Waals surface area contributed by atoms with Crippen LogP contribution in [0.3, 0.4) is 0 Å². The van der Waals surface area contributed by atoms with Gasteiger partial charge in [0, 0.05) is 16.1 Å². The monoisotopic (exact) mass is 339 g/mol. The van der Waals surface area contributed by atoms with E-state index in [9.17, 15) is 9.59 Å². The first-order chi connectivity index (χ1) is 9.40. The second-order valence-electron chi connectivity index (χ2n) is 5.35. The lowest BCUT2D eigenvalue weighted by Crippen LogP contribution is -2.40. The van der Waals surface area contributed by atoms with Gasteiger partial charge < -0.3 is 10.4 Å². The van der Waals surface area contributed by atoms with E-state index in [0.29, 0.717) is 12.0 Å². The summed E-state index contributed by atoms with van der Waals surface area (Å²) in [6, 6.07) is 3.48. The molecule has 0 aromatic heterocycles. The zero-order chi connectivity index (χ0) is 14.9. The van der Waals surface area contributed by atoms with Gasteiger partial charge in [0.2, 0.25) is 0 Å². The number of nitrogens with one attached hydrogen (secondary N) is 1. The average Bonchev–Trinajstić information content (AvgIpc) is 2.81. The molecule has 0 bridgehead atoms. The summed E-state index contributed by atoms with van der Waals surface area (Å²) in [4.78, 5) is 23.5. The van der Waals surface area contributed by atoms with Crippen molar-refractivity contribution in [3.63, 3.8) is 0 Å². The van der Waals surface area contributed by atoms with E-state index in [-0.39, 0.29) is 11.9 Å². The van der Waals surface area contributed by atoms with Gasteiger partial charge >= 0.3 is 5.97 Å². The zero-order valence-electron chi connectivity index (χ0n) is 11.6. The van der Waals surface area contributed by atoms with Gasteiger partial charge in [-0.05, 0) is 49.9 Å². The largest absolute Gasteiger partial charge is 0.481 e. The van der Waals surface area contributed by atoms with Crippen molar-refractivity contribution in [1.82, 2.24) is 5.32 Å². The van der Waals surface area contributed by atoms with Gasteiger partial charge in [0.05, 0.1) is 5.92 Å². The Morgan fingerprint density at radius 1 is 1.30 bits per heavy atom. The van der Waals surface area contributed by atoms with E-state index in [2.05, 4.69) is 21.2 Å². The fraction of sp³-hybridized carbons (Fsp3) is 0.467. The fourth-order valence-corrected chi connectivity index (χ4v) is 3.30. The van der Waals surface area contributed by atoms with Crippen molar-refractivity contribution in [1.29, 1.82) is 0 Å². The topological polar surface area (TPSA) is 66.4 Å². The molecule has 2 rings (SSSR count). The van der Waals surface area contributed by atoms with Crippen LogP contribution in [0.15, 0.2) is 16.6 Å². The normalized spacial score (nSPS) is 21.8. The highest BCUT2D eigenvalue weighted by atomic mass is 79.9. The van der Waals surface area contributed by atoms with Crippen LogP contribution < -0.4 is 5.32 Å². The highest BCUT2D eigenvalue weighted by Gasteiger charge is 2.34. The Balaban J connectivity index is 2.18. The standard InChI is InChI=1S/C15H18BrNO3/c1-8-6-10(16)7-12(9(8)2)14(18)17-13-5-3-4-11(13)15(19)20/h6-7,11,13H,3-5H2,1-2H3,(H,17,18)(H,19,20)/t11-,13+/m0/s1. The van der Waals surface area contributed by atoms with Gasteiger partial charge in [-0.15, -0.1) is 0 Å². The van der Waals surface area contributed by atoms with E-state index >= 15 is 0 Å². The molecule has 0 heterocycles. The van der Waals surface area contributed by atoms with Gasteiger partial charge in [-0.25, -0.2) is 0 Å². The minimum atomic E-state index is -0.824. The number of carboxylic acids is 1. The van der Waals surface area contributed by atoms with E-state index in [4.69, 9.17) is 5.11 Å². The van der Waals surface area contributed by atoms with Crippen LogP contribution >= 0.6 is 15.9 Å². The van der Waals surface area contributed by atoms with E-state index in [1.54, 1.807) is 6.07 Å². The maximum absolute atomic E-state index is 12.4. The Bertz CT molecular complexity index is 556. The fourth-order valence-electron chi connectivity index (χ4n) is 2.73. The van der Waals surface area contributed by atoms with Crippen LogP contribution in [0.25, 0.3) is 0 Å². The Morgan fingerprint density at radius 3 is 2.65 bits per heavy atom. The Labute approximate surface area is 126 Å². The molecule has 1 aromatic carbocycles. The smallest absolute Gasteiger partial charge is 0.308 e. The van der Waals surface area contributed by atoms with Gasteiger partial charge in [-0.1, -0.05) is 22.4 Å². The molecule has 1 aromatic rings. The van der Waals surface area contributed by atoms with Crippen molar-refractivity contribution in [3.8, 4) is 0 Å². The third kappa shape index (κ3) is 3.03. The lowest BCUT2D eigenvalue weighted by molar-refractivity contribution is -0.142. The molecule has 2 atom stereocenters. The molecule has 2 N–H and O–H groups in total. The van der Waals surface area contributed by atoms with E-state index in [0.717, 1.165) is 28.4 Å². The first kappa shape index (κ1) is 15.0. The van der Waals surface area contributed by atoms with Gasteiger partial charge in [-0.3, -0.25) is 9.59 Å². The number of aryl methyl sites for hydroxylation is 1. The van der Waals surface area contributed by atoms with E-state index in [1.165, 1.54) is 0 Å². The quantitative estimate of drug-likeness (QED) is 0.889. The van der Waals surface area contributed by atoms with Crippen LogP contribution in [0.4, 0.5) is 0 Å². The number of hydrogen-bond acceptors (Lipinski definition) is 2. The van der Waals surface area contributed by atoms with Crippen molar-refractivity contribution < 1.29 is 14.7 Å². The second kappa shape index (κ2) is 5.95. The predicted molar refractivity (Wildman–Crippen MR) is 79.8 cm³/mol. The molecule has 1 amide bonds. The lowest BCUT2D eigenvalue weighted by Gasteiger charge is -2.19. The summed E-state index contributed by atoms with van der Waals surface area (Å²) in [5.74, 6) is -1.48. The Morgan fingerprint density at radius 2 is 2.00 bits per heavy atom. The third-order valence-electron chi connectivity index (χ3n) is 4.03. The highest BCUT2D eigenvalue weighted by molar-refractivity contribution is 9.10. The first-order valence-electron chi connectivity index (χ1n) is 6.70. The van der Waals surface area contributed by atoms with Crippen LogP contribution in [0, 0.1) is 19.8 Å². The maximum Gasteiger partial charge on any atom is 0.308 e. The van der Waals surface area contributed by atoms with Crippen LogP contribution in [-0.4, -0.2) is 23.0 Å². The Kier molecular flexibility index (Phi) is 4.48. The molecule has 0 saturated heterocycles. The summed E-state index contributed by atoms with van der Waals surface area (Å²) < 4.78 is 0.854. The maximum atomic E-state index is 12.4. The Hall–Kier alpha value is -1.36. The van der Waals surface area contributed by atoms with Crippen LogP contribution in [0.1, 0.15) is 40.7 Å². The number of carbonyl (C=O) groups excluding carboxylic acids is 1. The minimum Gasteiger partial charge on any atom is -0.481 e. The van der Waals surface area contributed by atoms with Gasteiger partial charge in [0.15, 0.2) is 0 Å². The molecule has 1 fully saturated rings. The third-order valence-corrected chi connectivity index (χ3v) is 4.48. The molecular formula is C15H18BrNO3. The van der Waals surface area contributed by atoms with Crippen LogP contribution in [0.2, 0.25) is 0 Å². The number of halogens is 1. The minimum absolute atomic E-state index is 0.190. The molecule has 0 aliphatic heterocycles. The summed E-state index contributed by atoms with van der Waals surface area (Å²) in [6.45, 7) is 3.85. The molecule has 1 aliphatic carbocycles. The lowest BCUT2D eigenvalue weighted by atomic mass is 10.0. The van der Waals surface area contributed by atoms with Gasteiger partial charge in [-0.2, -0.15) is 0 Å². The summed E-state index contributed by atoms with van der Waals surface area (Å²) >= 11 is 3.39. The van der Waals surface area contributed by atoms with E-state index in [1.807, 2.05) is 19.9 Å². The number of carbonyl (C=O) groups is 2. The molecule has 0 radical (unpaired) electrons. The number of aliphatic carboxylic acids is 1. The van der Waals surface area contributed by atoms with Crippen molar-refractivity contribution in [2.45, 2.75) is 39.2 Å². The summed E-state index contributed by atoms with van der Waals surface area (Å²) in [5.41, 5.74) is 2.56. The van der Waals surface area contributed by atoms with Crippen molar-refractivity contribution in [2.75, 3.05) is 0 Å². The van der Waals surface area contributed by atoms with Crippen molar-refractivity contribution >= 4 is 27.8 Å². The number of carboxylic acid groups (broad SMARTS) is 1. The summed E-state index contributed by atoms with van der Waals surface area (Å²) in [5, 5.41) is 12.0. The predicted octanol–water partition coefficient (Wildman–Crippen LogP) is 3.05. The van der Waals surface area contributed by atoms with E-state index < -0.39 is 11.9 Å². The van der Waals surface area contributed by atoms with Crippen LogP contribution in [0.5, 0.6) is 0 Å². The first-order valence-corrected chi connectivity index (χ1v) is 7.50. The molecule has 20 heavy (non-hydrogen) atoms. The van der Waals surface area contributed by atoms with Crippen molar-refractivity contribution in [2.24, 2.45) is 5.92 Å². The van der Waals surface area contributed by atoms with Crippen molar-refractivity contribution in [3.05, 3.63) is 33.3 Å². The summed E-state index contributed by atoms with van der Waals surface area (Å²) in [7, 11) is 0. The van der Waals surface area contributed by atoms with Gasteiger partial charge in [0.1, 0.15) is 0 Å². The molecule has 4 nitrogen and oxygen atoms in total. The second-order valence-corrected chi connectivity index (χ2v) is 6.27. The average molecular weight is 340 g/mol. The van der Waals surface area contributed by atoms with Crippen LogP contribution in [-0.2, 0) is 4.79 Å². The summed E-state index contributed by atoms with van der Waals surface area (Å²) in [6.07, 6.45) is 2.21. The van der Waals surface area contributed by atoms with Gasteiger partial charge in [0.25, 0.3) is 5.91 Å². The number of benzene rings is 1. The highest BCUT2D eigenvalue weighted by Crippen LogP contribution is 2.27. The number of hydrogen-bond donors (Lipinski definition) is 2.